The van der Waals surface area contributed by atoms with Gasteiger partial charge in [-0.3, -0.25) is 0 Å². The number of fused-ring (bicyclic) bond motifs is 2. The summed E-state index contributed by atoms with van der Waals surface area (Å²) in [7, 11) is 0. The molecule has 0 aliphatic carbocycles. The predicted octanol–water partition coefficient (Wildman–Crippen LogP) is 3.72. The van der Waals surface area contributed by atoms with Crippen LogP contribution < -0.4 is 9.47 Å². The van der Waals surface area contributed by atoms with Gasteiger partial charge in [0.15, 0.2) is 11.5 Å². The summed E-state index contributed by atoms with van der Waals surface area (Å²) in [5.74, 6) is -0.517. The second-order valence-corrected chi connectivity index (χ2v) is 5.57. The van der Waals surface area contributed by atoms with Crippen LogP contribution in [0.15, 0.2) is 73.1 Å². The Labute approximate surface area is 148 Å². The number of benzene rings is 2. The summed E-state index contributed by atoms with van der Waals surface area (Å²) in [4.78, 5) is 29.9. The molecular weight excluding hydrogens is 332 g/mol. The largest absolute Gasteiger partial charge is 0.421 e. The summed E-state index contributed by atoms with van der Waals surface area (Å²) in [5.41, 5.74) is 1.72. The SMILES string of the molecule is O=C(/C=C\C(=O)Oc1c[nH]c2ccccc12)Oc1c[nH]c2ccccc12. The molecule has 2 aromatic carbocycles. The van der Waals surface area contributed by atoms with E-state index in [1.165, 1.54) is 0 Å². The molecule has 2 aromatic heterocycles. The van der Waals surface area contributed by atoms with Crippen LogP contribution in [-0.2, 0) is 9.59 Å². The zero-order valence-electron chi connectivity index (χ0n) is 13.6. The Morgan fingerprint density at radius 2 is 1.12 bits per heavy atom. The molecule has 2 heterocycles. The highest BCUT2D eigenvalue weighted by Crippen LogP contribution is 2.26. The highest BCUT2D eigenvalue weighted by Gasteiger charge is 2.10. The third kappa shape index (κ3) is 3.08. The van der Waals surface area contributed by atoms with Crippen molar-refractivity contribution in [1.29, 1.82) is 0 Å². The molecular formula is C20H14N2O4. The minimum atomic E-state index is -0.661. The Hall–Kier alpha value is -3.80. The van der Waals surface area contributed by atoms with Gasteiger partial charge in [-0.05, 0) is 24.3 Å². The van der Waals surface area contributed by atoms with Crippen molar-refractivity contribution in [2.75, 3.05) is 0 Å². The lowest BCUT2D eigenvalue weighted by molar-refractivity contribution is -0.131. The Kier molecular flexibility index (Phi) is 3.99. The molecule has 0 aliphatic rings. The summed E-state index contributed by atoms with van der Waals surface area (Å²) in [6.07, 6.45) is 5.28. The van der Waals surface area contributed by atoms with E-state index in [-0.39, 0.29) is 0 Å². The van der Waals surface area contributed by atoms with E-state index in [4.69, 9.17) is 9.47 Å². The number of hydrogen-bond donors (Lipinski definition) is 2. The first-order valence-corrected chi connectivity index (χ1v) is 7.94. The van der Waals surface area contributed by atoms with Crippen LogP contribution in [0.2, 0.25) is 0 Å². The van der Waals surface area contributed by atoms with Gasteiger partial charge in [0.05, 0.1) is 0 Å². The normalized spacial score (nSPS) is 11.2. The van der Waals surface area contributed by atoms with Crippen LogP contribution in [0.25, 0.3) is 21.8 Å². The van der Waals surface area contributed by atoms with E-state index in [9.17, 15) is 9.59 Å². The number of rotatable bonds is 4. The Morgan fingerprint density at radius 3 is 1.58 bits per heavy atom. The van der Waals surface area contributed by atoms with Gasteiger partial charge in [-0.1, -0.05) is 24.3 Å². The summed E-state index contributed by atoms with van der Waals surface area (Å²) >= 11 is 0. The van der Waals surface area contributed by atoms with Crippen molar-refractivity contribution < 1.29 is 19.1 Å². The maximum atomic E-state index is 11.9. The fourth-order valence-corrected chi connectivity index (χ4v) is 2.68. The average molecular weight is 346 g/mol. The molecule has 6 nitrogen and oxygen atoms in total. The second kappa shape index (κ2) is 6.60. The van der Waals surface area contributed by atoms with E-state index < -0.39 is 11.9 Å². The smallest absolute Gasteiger partial charge is 0.336 e. The highest BCUT2D eigenvalue weighted by molar-refractivity contribution is 5.97. The molecule has 128 valence electrons. The summed E-state index contributed by atoms with van der Waals surface area (Å²) in [5, 5.41) is 1.58. The van der Waals surface area contributed by atoms with Gasteiger partial charge < -0.3 is 19.4 Å². The molecule has 0 radical (unpaired) electrons. The van der Waals surface area contributed by atoms with E-state index in [0.717, 1.165) is 34.0 Å². The van der Waals surface area contributed by atoms with Gasteiger partial charge in [0.25, 0.3) is 0 Å². The van der Waals surface area contributed by atoms with Crippen molar-refractivity contribution in [2.45, 2.75) is 0 Å². The first-order valence-electron chi connectivity index (χ1n) is 7.94. The van der Waals surface area contributed by atoms with E-state index in [2.05, 4.69) is 9.97 Å². The predicted molar refractivity (Wildman–Crippen MR) is 97.0 cm³/mol. The minimum absolute atomic E-state index is 0.403. The second-order valence-electron chi connectivity index (χ2n) is 5.57. The molecule has 0 saturated carbocycles. The number of aromatic nitrogens is 2. The highest BCUT2D eigenvalue weighted by atomic mass is 16.5. The summed E-state index contributed by atoms with van der Waals surface area (Å²) < 4.78 is 10.5. The van der Waals surface area contributed by atoms with Crippen LogP contribution in [0.4, 0.5) is 0 Å². The molecule has 0 unspecified atom stereocenters. The fourth-order valence-electron chi connectivity index (χ4n) is 2.68. The van der Waals surface area contributed by atoms with Gasteiger partial charge in [0, 0.05) is 46.4 Å². The number of carbonyl (C=O) groups is 2. The van der Waals surface area contributed by atoms with Crippen LogP contribution >= 0.6 is 0 Å². The number of nitrogens with one attached hydrogen (secondary N) is 2. The van der Waals surface area contributed by atoms with Crippen molar-refractivity contribution in [3.8, 4) is 11.5 Å². The molecule has 26 heavy (non-hydrogen) atoms. The Morgan fingerprint density at radius 1 is 0.692 bits per heavy atom. The van der Waals surface area contributed by atoms with Gasteiger partial charge in [0.1, 0.15) is 0 Å². The van der Waals surface area contributed by atoms with Crippen LogP contribution in [0.1, 0.15) is 0 Å². The van der Waals surface area contributed by atoms with Crippen LogP contribution in [0, 0.1) is 0 Å². The van der Waals surface area contributed by atoms with Crippen LogP contribution in [0.5, 0.6) is 11.5 Å². The number of H-pyrrole nitrogens is 2. The van der Waals surface area contributed by atoms with Gasteiger partial charge in [-0.25, -0.2) is 9.59 Å². The van der Waals surface area contributed by atoms with E-state index >= 15 is 0 Å². The fraction of sp³-hybridized carbons (Fsp3) is 0. The molecule has 2 N–H and O–H groups in total. The first kappa shape index (κ1) is 15.7. The quantitative estimate of drug-likeness (QED) is 0.436. The lowest BCUT2D eigenvalue weighted by Gasteiger charge is -2.00. The first-order chi connectivity index (χ1) is 12.7. The zero-order valence-corrected chi connectivity index (χ0v) is 13.6. The molecule has 0 fully saturated rings. The van der Waals surface area contributed by atoms with Crippen LogP contribution in [-0.4, -0.2) is 21.9 Å². The van der Waals surface area contributed by atoms with Crippen molar-refractivity contribution >= 4 is 33.7 Å². The van der Waals surface area contributed by atoms with Crippen molar-refractivity contribution in [2.24, 2.45) is 0 Å². The van der Waals surface area contributed by atoms with Gasteiger partial charge in [-0.2, -0.15) is 0 Å². The van der Waals surface area contributed by atoms with Gasteiger partial charge in [-0.15, -0.1) is 0 Å². The number of esters is 2. The molecule has 0 bridgehead atoms. The van der Waals surface area contributed by atoms with Crippen molar-refractivity contribution in [3.05, 3.63) is 73.1 Å². The van der Waals surface area contributed by atoms with Crippen LogP contribution in [0.3, 0.4) is 0 Å². The zero-order chi connectivity index (χ0) is 17.9. The third-order valence-corrected chi connectivity index (χ3v) is 3.88. The van der Waals surface area contributed by atoms with Crippen molar-refractivity contribution in [3.63, 3.8) is 0 Å². The van der Waals surface area contributed by atoms with Gasteiger partial charge >= 0.3 is 11.9 Å². The monoisotopic (exact) mass is 346 g/mol. The summed E-state index contributed by atoms with van der Waals surface area (Å²) in [6, 6.07) is 14.9. The topological polar surface area (TPSA) is 84.2 Å². The molecule has 0 spiro atoms. The average Bonchev–Trinajstić information content (AvgIpc) is 3.25. The molecule has 0 saturated heterocycles. The molecule has 0 amide bonds. The molecule has 4 aromatic rings. The maximum absolute atomic E-state index is 11.9. The molecule has 0 aliphatic heterocycles. The van der Waals surface area contributed by atoms with Gasteiger partial charge in [0.2, 0.25) is 0 Å². The standard InChI is InChI=1S/C20H14N2O4/c23-19(25-17-11-21-15-7-3-1-5-13(15)17)9-10-20(24)26-18-12-22-16-8-4-2-6-14(16)18/h1-12,21-22H/b10-9-. The molecule has 4 rings (SSSR count). The number of carbonyl (C=O) groups excluding carboxylic acids is 2. The van der Waals surface area contributed by atoms with Crippen molar-refractivity contribution in [1.82, 2.24) is 9.97 Å². The Balaban J connectivity index is 1.42. The Bertz CT molecular complexity index is 1050. The number of hydrogen-bond acceptors (Lipinski definition) is 4. The molecule has 0 atom stereocenters. The number of ether oxygens (including phenoxy) is 2. The number of para-hydroxylation sites is 2. The van der Waals surface area contributed by atoms with E-state index in [0.29, 0.717) is 11.5 Å². The molecule has 6 heteroatoms. The summed E-state index contributed by atoms with van der Waals surface area (Å²) in [6.45, 7) is 0. The van der Waals surface area contributed by atoms with E-state index in [1.54, 1.807) is 12.4 Å². The third-order valence-electron chi connectivity index (χ3n) is 3.88. The minimum Gasteiger partial charge on any atom is -0.421 e. The lowest BCUT2D eigenvalue weighted by atomic mass is 10.2. The van der Waals surface area contributed by atoms with E-state index in [1.807, 2.05) is 48.5 Å². The maximum Gasteiger partial charge on any atom is 0.336 e. The number of aromatic amines is 2. The lowest BCUT2D eigenvalue weighted by Crippen LogP contribution is -2.08.